The number of Topliss-reactive ketones (excluding diaryl/α,β-unsaturated/α-hetero) is 1. The number of anilines is 2. The number of hydrogen-bond acceptors (Lipinski definition) is 4. The second-order valence-corrected chi connectivity index (χ2v) is 5.99. The van der Waals surface area contributed by atoms with Crippen molar-refractivity contribution < 1.29 is 14.4 Å². The van der Waals surface area contributed by atoms with Crippen LogP contribution in [-0.4, -0.2) is 45.4 Å². The van der Waals surface area contributed by atoms with E-state index in [1.54, 1.807) is 0 Å². The lowest BCUT2D eigenvalue weighted by molar-refractivity contribution is -0.137. The summed E-state index contributed by atoms with van der Waals surface area (Å²) in [6, 6.07) is 7.37. The van der Waals surface area contributed by atoms with Gasteiger partial charge >= 0.3 is 6.03 Å². The minimum absolute atomic E-state index is 0.229. The Morgan fingerprint density at radius 3 is 2.20 bits per heavy atom. The molecule has 1 aromatic carbocycles. The van der Waals surface area contributed by atoms with E-state index in [2.05, 4.69) is 16.0 Å². The molecule has 1 aromatic rings. The second-order valence-electron chi connectivity index (χ2n) is 5.99. The van der Waals surface area contributed by atoms with Gasteiger partial charge < -0.3 is 20.9 Å². The van der Waals surface area contributed by atoms with E-state index in [1.807, 2.05) is 43.3 Å². The second kappa shape index (κ2) is 11.1. The monoisotopic (exact) mass is 348 g/mol. The molecule has 3 N–H and O–H groups in total. The maximum atomic E-state index is 11.8. The molecule has 25 heavy (non-hydrogen) atoms. The van der Waals surface area contributed by atoms with E-state index in [4.69, 9.17) is 0 Å². The lowest BCUT2D eigenvalue weighted by Gasteiger charge is -2.13. The van der Waals surface area contributed by atoms with Gasteiger partial charge in [-0.1, -0.05) is 12.8 Å². The van der Waals surface area contributed by atoms with Gasteiger partial charge in [-0.15, -0.1) is 0 Å². The van der Waals surface area contributed by atoms with Crippen molar-refractivity contribution in [3.05, 3.63) is 24.3 Å². The van der Waals surface area contributed by atoms with Gasteiger partial charge in [0.05, 0.1) is 0 Å². The molecule has 0 atom stereocenters. The number of nitrogens with one attached hydrogen (secondary N) is 3. The van der Waals surface area contributed by atoms with Crippen LogP contribution >= 0.6 is 0 Å². The fraction of sp³-hybridized carbons (Fsp3) is 0.500. The SMILES string of the molecule is CNC(=O)C(=O)CCCCCCNC(=O)Nc1ccc(N(C)C)cc1. The van der Waals surface area contributed by atoms with Crippen LogP contribution in [0.1, 0.15) is 32.1 Å². The number of carbonyl (C=O) groups is 3. The van der Waals surface area contributed by atoms with Crippen molar-refractivity contribution in [1.82, 2.24) is 10.6 Å². The highest BCUT2D eigenvalue weighted by Gasteiger charge is 2.10. The number of rotatable bonds is 10. The molecular formula is C18H28N4O3. The van der Waals surface area contributed by atoms with Crippen LogP contribution in [0.5, 0.6) is 0 Å². The first-order valence-electron chi connectivity index (χ1n) is 8.51. The van der Waals surface area contributed by atoms with Gasteiger partial charge in [-0.3, -0.25) is 9.59 Å². The van der Waals surface area contributed by atoms with Gasteiger partial charge in [0.2, 0.25) is 5.78 Å². The normalized spacial score (nSPS) is 10.0. The lowest BCUT2D eigenvalue weighted by atomic mass is 10.1. The summed E-state index contributed by atoms with van der Waals surface area (Å²) in [5.41, 5.74) is 1.82. The Bertz CT molecular complexity index is 570. The highest BCUT2D eigenvalue weighted by molar-refractivity contribution is 6.36. The Kier molecular flexibility index (Phi) is 9.06. The first-order valence-corrected chi connectivity index (χ1v) is 8.51. The van der Waals surface area contributed by atoms with Crippen molar-refractivity contribution in [3.8, 4) is 0 Å². The Morgan fingerprint density at radius 1 is 0.960 bits per heavy atom. The average Bonchev–Trinajstić information content (AvgIpc) is 2.60. The molecule has 0 aliphatic carbocycles. The molecule has 0 saturated carbocycles. The van der Waals surface area contributed by atoms with Gasteiger partial charge in [-0.2, -0.15) is 0 Å². The molecule has 0 aliphatic rings. The Labute approximate surface area is 149 Å². The number of amides is 3. The minimum Gasteiger partial charge on any atom is -0.378 e. The molecular weight excluding hydrogens is 320 g/mol. The number of benzene rings is 1. The quantitative estimate of drug-likeness (QED) is 0.446. The minimum atomic E-state index is -0.531. The van der Waals surface area contributed by atoms with Crippen LogP contribution in [-0.2, 0) is 9.59 Å². The molecule has 138 valence electrons. The third-order valence-electron chi connectivity index (χ3n) is 3.74. The number of nitrogens with zero attached hydrogens (tertiary/aromatic N) is 1. The number of hydrogen-bond donors (Lipinski definition) is 3. The van der Waals surface area contributed by atoms with Gasteiger partial charge in [0.25, 0.3) is 5.91 Å². The zero-order valence-electron chi connectivity index (χ0n) is 15.2. The van der Waals surface area contributed by atoms with Crippen LogP contribution in [0.15, 0.2) is 24.3 Å². The van der Waals surface area contributed by atoms with E-state index < -0.39 is 5.91 Å². The van der Waals surface area contributed by atoms with Gasteiger partial charge in [0, 0.05) is 45.5 Å². The van der Waals surface area contributed by atoms with Crippen molar-refractivity contribution in [2.75, 3.05) is 37.9 Å². The van der Waals surface area contributed by atoms with Crippen molar-refractivity contribution in [2.24, 2.45) is 0 Å². The maximum Gasteiger partial charge on any atom is 0.319 e. The van der Waals surface area contributed by atoms with Crippen LogP contribution < -0.4 is 20.9 Å². The number of likely N-dealkylation sites (N-methyl/N-ethyl adjacent to an activating group) is 1. The standard InChI is InChI=1S/C18H28N4O3/c1-19-17(24)16(23)8-6-4-5-7-13-20-18(25)21-14-9-11-15(12-10-14)22(2)3/h9-12H,4-8,13H2,1-3H3,(H,19,24)(H2,20,21,25). The first-order chi connectivity index (χ1) is 11.9. The van der Waals surface area contributed by atoms with Gasteiger partial charge in [0.15, 0.2) is 0 Å². The molecule has 0 saturated heterocycles. The Balaban J connectivity index is 2.11. The van der Waals surface area contributed by atoms with Crippen LogP contribution in [0.3, 0.4) is 0 Å². The Hall–Kier alpha value is -2.57. The van der Waals surface area contributed by atoms with E-state index >= 15 is 0 Å². The predicted octanol–water partition coefficient (Wildman–Crippen LogP) is 2.14. The van der Waals surface area contributed by atoms with Crippen molar-refractivity contribution in [2.45, 2.75) is 32.1 Å². The lowest BCUT2D eigenvalue weighted by Crippen LogP contribution is -2.29. The molecule has 0 aromatic heterocycles. The summed E-state index contributed by atoms with van der Waals surface area (Å²) in [6.45, 7) is 0.574. The van der Waals surface area contributed by atoms with E-state index in [1.165, 1.54) is 7.05 Å². The van der Waals surface area contributed by atoms with E-state index in [0.717, 1.165) is 30.6 Å². The fourth-order valence-electron chi connectivity index (χ4n) is 2.24. The van der Waals surface area contributed by atoms with Crippen molar-refractivity contribution in [1.29, 1.82) is 0 Å². The summed E-state index contributed by atoms with van der Waals surface area (Å²) < 4.78 is 0. The van der Waals surface area contributed by atoms with Gasteiger partial charge in [-0.25, -0.2) is 4.79 Å². The van der Waals surface area contributed by atoms with Crippen LogP contribution in [0.4, 0.5) is 16.2 Å². The molecule has 0 bridgehead atoms. The zero-order valence-corrected chi connectivity index (χ0v) is 15.2. The molecule has 0 aliphatic heterocycles. The number of urea groups is 1. The highest BCUT2D eigenvalue weighted by atomic mass is 16.2. The Morgan fingerprint density at radius 2 is 1.60 bits per heavy atom. The summed E-state index contributed by atoms with van der Waals surface area (Å²) >= 11 is 0. The van der Waals surface area contributed by atoms with Crippen LogP contribution in [0.25, 0.3) is 0 Å². The highest BCUT2D eigenvalue weighted by Crippen LogP contribution is 2.15. The smallest absolute Gasteiger partial charge is 0.319 e. The number of unbranched alkanes of at least 4 members (excludes halogenated alkanes) is 3. The predicted molar refractivity (Wildman–Crippen MR) is 99.9 cm³/mol. The van der Waals surface area contributed by atoms with Crippen molar-refractivity contribution >= 4 is 29.1 Å². The molecule has 1 rings (SSSR count). The average molecular weight is 348 g/mol. The molecule has 0 spiro atoms. The topological polar surface area (TPSA) is 90.5 Å². The fourth-order valence-corrected chi connectivity index (χ4v) is 2.24. The molecule has 3 amide bonds. The van der Waals surface area contributed by atoms with Crippen molar-refractivity contribution in [3.63, 3.8) is 0 Å². The maximum absolute atomic E-state index is 11.8. The number of carbonyl (C=O) groups excluding carboxylic acids is 3. The molecule has 0 fully saturated rings. The van der Waals surface area contributed by atoms with Gasteiger partial charge in [0.1, 0.15) is 0 Å². The molecule has 0 heterocycles. The molecule has 0 radical (unpaired) electrons. The summed E-state index contributed by atoms with van der Waals surface area (Å²) in [6.07, 6.45) is 3.56. The summed E-state index contributed by atoms with van der Waals surface area (Å²) in [4.78, 5) is 36.1. The van der Waals surface area contributed by atoms with Gasteiger partial charge in [-0.05, 0) is 37.1 Å². The molecule has 7 nitrogen and oxygen atoms in total. The third kappa shape index (κ3) is 8.19. The zero-order chi connectivity index (χ0) is 18.7. The summed E-state index contributed by atoms with van der Waals surface area (Å²) in [5.74, 6) is -0.905. The van der Waals surface area contributed by atoms with E-state index in [0.29, 0.717) is 13.0 Å². The third-order valence-corrected chi connectivity index (χ3v) is 3.74. The van der Waals surface area contributed by atoms with E-state index in [9.17, 15) is 14.4 Å². The van der Waals surface area contributed by atoms with Crippen LogP contribution in [0.2, 0.25) is 0 Å². The first kappa shape index (κ1) is 20.5. The summed E-state index contributed by atoms with van der Waals surface area (Å²) in [7, 11) is 5.38. The molecule has 7 heteroatoms. The largest absolute Gasteiger partial charge is 0.378 e. The van der Waals surface area contributed by atoms with Crippen LogP contribution in [0, 0.1) is 0 Å². The molecule has 0 unspecified atom stereocenters. The summed E-state index contributed by atoms with van der Waals surface area (Å²) in [5, 5.41) is 7.91. The number of ketones is 1. The van der Waals surface area contributed by atoms with E-state index in [-0.39, 0.29) is 18.2 Å².